The summed E-state index contributed by atoms with van der Waals surface area (Å²) in [7, 11) is 1.52. The summed E-state index contributed by atoms with van der Waals surface area (Å²) in [6.07, 6.45) is 0. The van der Waals surface area contributed by atoms with Crippen molar-refractivity contribution in [3.05, 3.63) is 83.7 Å². The number of nitrogens with two attached hydrogens (primary N) is 1. The van der Waals surface area contributed by atoms with E-state index < -0.39 is 11.7 Å². The van der Waals surface area contributed by atoms with Crippen LogP contribution in [0, 0.1) is 5.82 Å². The van der Waals surface area contributed by atoms with Gasteiger partial charge in [0.05, 0.1) is 24.9 Å². The van der Waals surface area contributed by atoms with Crippen LogP contribution in [0.1, 0.15) is 20.7 Å². The fourth-order valence-electron chi connectivity index (χ4n) is 2.86. The van der Waals surface area contributed by atoms with Gasteiger partial charge in [0, 0.05) is 16.9 Å². The number of para-hydroxylation sites is 2. The Morgan fingerprint density at radius 2 is 1.62 bits per heavy atom. The van der Waals surface area contributed by atoms with E-state index in [9.17, 15) is 18.8 Å². The number of ether oxygens (including phenoxy) is 1. The molecule has 5 N–H and O–H groups in total. The lowest BCUT2D eigenvalue weighted by Crippen LogP contribution is -2.22. The van der Waals surface area contributed by atoms with Crippen LogP contribution in [-0.4, -0.2) is 31.4 Å². The molecule has 0 fully saturated rings. The Labute approximate surface area is 183 Å². The van der Waals surface area contributed by atoms with Gasteiger partial charge in [-0.05, 0) is 54.6 Å². The molecule has 0 saturated carbocycles. The van der Waals surface area contributed by atoms with Crippen molar-refractivity contribution in [1.82, 2.24) is 0 Å². The zero-order chi connectivity index (χ0) is 23.1. The lowest BCUT2D eigenvalue weighted by atomic mass is 10.1. The normalized spacial score (nSPS) is 10.2. The van der Waals surface area contributed by atoms with E-state index in [4.69, 9.17) is 10.5 Å². The Kier molecular flexibility index (Phi) is 7.02. The molecule has 0 saturated heterocycles. The number of amides is 3. The van der Waals surface area contributed by atoms with Crippen molar-refractivity contribution in [3.63, 3.8) is 0 Å². The second-order valence-corrected chi connectivity index (χ2v) is 6.69. The van der Waals surface area contributed by atoms with Gasteiger partial charge in [-0.2, -0.15) is 0 Å². The molecule has 0 aliphatic carbocycles. The van der Waals surface area contributed by atoms with Crippen LogP contribution in [0.25, 0.3) is 0 Å². The number of halogens is 1. The van der Waals surface area contributed by atoms with Gasteiger partial charge < -0.3 is 26.4 Å². The number of primary amides is 1. The van der Waals surface area contributed by atoms with Gasteiger partial charge in [0.2, 0.25) is 5.91 Å². The van der Waals surface area contributed by atoms with E-state index in [1.165, 1.54) is 19.2 Å². The molecule has 0 aliphatic heterocycles. The molecule has 0 spiro atoms. The highest BCUT2D eigenvalue weighted by atomic mass is 19.1. The van der Waals surface area contributed by atoms with Crippen LogP contribution in [0.15, 0.2) is 66.7 Å². The quantitative estimate of drug-likeness (QED) is 0.432. The molecule has 3 aromatic carbocycles. The minimum absolute atomic E-state index is 0.134. The first-order valence-corrected chi connectivity index (χ1v) is 9.55. The third-order valence-electron chi connectivity index (χ3n) is 4.47. The van der Waals surface area contributed by atoms with Crippen LogP contribution >= 0.6 is 0 Å². The number of rotatable bonds is 8. The van der Waals surface area contributed by atoms with Gasteiger partial charge in [0.1, 0.15) is 11.6 Å². The van der Waals surface area contributed by atoms with Crippen molar-refractivity contribution >= 4 is 34.8 Å². The van der Waals surface area contributed by atoms with Crippen molar-refractivity contribution in [3.8, 4) is 5.75 Å². The number of nitrogens with one attached hydrogen (secondary N) is 3. The molecule has 164 valence electrons. The van der Waals surface area contributed by atoms with Gasteiger partial charge in [-0.1, -0.05) is 12.1 Å². The number of anilines is 3. The topological polar surface area (TPSA) is 123 Å². The van der Waals surface area contributed by atoms with Gasteiger partial charge in [-0.15, -0.1) is 0 Å². The zero-order valence-corrected chi connectivity index (χ0v) is 17.1. The van der Waals surface area contributed by atoms with E-state index in [0.29, 0.717) is 28.4 Å². The fourth-order valence-corrected chi connectivity index (χ4v) is 2.86. The van der Waals surface area contributed by atoms with E-state index in [2.05, 4.69) is 16.0 Å². The number of benzene rings is 3. The molecule has 0 unspecified atom stereocenters. The van der Waals surface area contributed by atoms with E-state index >= 15 is 0 Å². The molecule has 3 rings (SSSR count). The molecule has 0 atom stereocenters. The number of hydrogen-bond acceptors (Lipinski definition) is 5. The Balaban J connectivity index is 1.55. The molecule has 0 aromatic heterocycles. The second-order valence-electron chi connectivity index (χ2n) is 6.69. The molecule has 0 aliphatic rings. The van der Waals surface area contributed by atoms with Crippen molar-refractivity contribution < 1.29 is 23.5 Å². The van der Waals surface area contributed by atoms with E-state index in [1.807, 2.05) is 0 Å². The summed E-state index contributed by atoms with van der Waals surface area (Å²) in [5.74, 6) is -1.80. The van der Waals surface area contributed by atoms with E-state index in [1.54, 1.807) is 48.5 Å². The fraction of sp³-hybridized carbons (Fsp3) is 0.0870. The minimum Gasteiger partial charge on any atom is -0.495 e. The maximum absolute atomic E-state index is 13.8. The van der Waals surface area contributed by atoms with Crippen molar-refractivity contribution in [1.29, 1.82) is 0 Å². The Hall–Kier alpha value is -4.40. The van der Waals surface area contributed by atoms with Gasteiger partial charge in [-0.3, -0.25) is 14.4 Å². The molecule has 8 nitrogen and oxygen atoms in total. The van der Waals surface area contributed by atoms with Gasteiger partial charge in [-0.25, -0.2) is 4.39 Å². The second kappa shape index (κ2) is 10.1. The molecule has 9 heteroatoms. The van der Waals surface area contributed by atoms with Crippen LogP contribution in [-0.2, 0) is 4.79 Å². The van der Waals surface area contributed by atoms with Crippen LogP contribution in [0.5, 0.6) is 5.75 Å². The average molecular weight is 436 g/mol. The summed E-state index contributed by atoms with van der Waals surface area (Å²) in [6, 6.07) is 17.2. The predicted octanol–water partition coefficient (Wildman–Crippen LogP) is 3.24. The number of hydrogen-bond donors (Lipinski definition) is 4. The number of carbonyl (C=O) groups excluding carboxylic acids is 3. The SMILES string of the molecule is COc1ccccc1NC(=O)c1ccc(NC(=O)CNc2ccc(C(N)=O)c(F)c2)cc1. The average Bonchev–Trinajstić information content (AvgIpc) is 2.78. The molecular weight excluding hydrogens is 415 g/mol. The van der Waals surface area contributed by atoms with E-state index in [0.717, 1.165) is 6.07 Å². The van der Waals surface area contributed by atoms with Crippen molar-refractivity contribution in [2.24, 2.45) is 5.73 Å². The van der Waals surface area contributed by atoms with Gasteiger partial charge in [0.15, 0.2) is 0 Å². The third-order valence-corrected chi connectivity index (χ3v) is 4.47. The zero-order valence-electron chi connectivity index (χ0n) is 17.1. The third kappa shape index (κ3) is 5.60. The van der Waals surface area contributed by atoms with Crippen molar-refractivity contribution in [2.45, 2.75) is 0 Å². The molecule has 3 amide bonds. The highest BCUT2D eigenvalue weighted by molar-refractivity contribution is 6.05. The Morgan fingerprint density at radius 3 is 2.28 bits per heavy atom. The molecule has 0 heterocycles. The van der Waals surface area contributed by atoms with Crippen LogP contribution in [0.4, 0.5) is 21.5 Å². The summed E-state index contributed by atoms with van der Waals surface area (Å²) in [4.78, 5) is 35.6. The highest BCUT2D eigenvalue weighted by Gasteiger charge is 2.11. The monoisotopic (exact) mass is 436 g/mol. The lowest BCUT2D eigenvalue weighted by molar-refractivity contribution is -0.114. The van der Waals surface area contributed by atoms with Crippen LogP contribution < -0.4 is 26.4 Å². The van der Waals surface area contributed by atoms with Gasteiger partial charge in [0.25, 0.3) is 11.8 Å². The maximum atomic E-state index is 13.8. The smallest absolute Gasteiger partial charge is 0.255 e. The molecule has 0 bridgehead atoms. The Bertz CT molecular complexity index is 1150. The summed E-state index contributed by atoms with van der Waals surface area (Å²) in [6.45, 7) is -0.134. The van der Waals surface area contributed by atoms with Crippen molar-refractivity contribution in [2.75, 3.05) is 29.6 Å². The summed E-state index contributed by atoms with van der Waals surface area (Å²) in [5.41, 5.74) is 6.59. The standard InChI is InChI=1S/C23H21FN4O4/c1-32-20-5-3-2-4-19(20)28-23(31)14-6-8-15(9-7-14)27-21(29)13-26-16-10-11-17(22(25)30)18(24)12-16/h2-12,26H,13H2,1H3,(H2,25,30)(H,27,29)(H,28,31). The maximum Gasteiger partial charge on any atom is 0.255 e. The summed E-state index contributed by atoms with van der Waals surface area (Å²) in [5, 5.41) is 8.20. The number of methoxy groups -OCH3 is 1. The van der Waals surface area contributed by atoms with Crippen LogP contribution in [0.3, 0.4) is 0 Å². The lowest BCUT2D eigenvalue weighted by Gasteiger charge is -2.11. The first-order valence-electron chi connectivity index (χ1n) is 9.55. The summed E-state index contributed by atoms with van der Waals surface area (Å²) < 4.78 is 19.0. The molecule has 3 aromatic rings. The Morgan fingerprint density at radius 1 is 0.938 bits per heavy atom. The molecular formula is C23H21FN4O4. The largest absolute Gasteiger partial charge is 0.495 e. The van der Waals surface area contributed by atoms with E-state index in [-0.39, 0.29) is 23.9 Å². The van der Waals surface area contributed by atoms with Gasteiger partial charge >= 0.3 is 0 Å². The first-order chi connectivity index (χ1) is 15.4. The minimum atomic E-state index is -0.869. The highest BCUT2D eigenvalue weighted by Crippen LogP contribution is 2.24. The van der Waals surface area contributed by atoms with Crippen LogP contribution in [0.2, 0.25) is 0 Å². The first kappa shape index (κ1) is 22.3. The number of carbonyl (C=O) groups is 3. The molecule has 32 heavy (non-hydrogen) atoms. The summed E-state index contributed by atoms with van der Waals surface area (Å²) >= 11 is 0. The molecule has 0 radical (unpaired) electrons. The predicted molar refractivity (Wildman–Crippen MR) is 119 cm³/mol.